The third-order valence-electron chi connectivity index (χ3n) is 4.79. The predicted octanol–water partition coefficient (Wildman–Crippen LogP) is 2.84. The van der Waals surface area contributed by atoms with Crippen LogP contribution in [0.15, 0.2) is 23.1 Å². The number of rotatable bonds is 3. The average Bonchev–Trinajstić information content (AvgIpc) is 2.99. The van der Waals surface area contributed by atoms with Gasteiger partial charge in [0, 0.05) is 5.69 Å². The zero-order valence-corrected chi connectivity index (χ0v) is 13.3. The minimum atomic E-state index is -3.32. The van der Waals surface area contributed by atoms with Crippen molar-refractivity contribution in [1.82, 2.24) is 0 Å². The fourth-order valence-corrected chi connectivity index (χ4v) is 5.48. The molecule has 1 unspecified atom stereocenters. The van der Waals surface area contributed by atoms with E-state index in [4.69, 9.17) is 10.5 Å². The van der Waals surface area contributed by atoms with E-state index in [1.54, 1.807) is 25.1 Å². The summed E-state index contributed by atoms with van der Waals surface area (Å²) in [5.41, 5.74) is 6.98. The van der Waals surface area contributed by atoms with Gasteiger partial charge in [-0.05, 0) is 56.4 Å². The first kappa shape index (κ1) is 14.9. The molecule has 5 heteroatoms. The fourth-order valence-electron chi connectivity index (χ4n) is 3.76. The van der Waals surface area contributed by atoms with Crippen molar-refractivity contribution in [2.24, 2.45) is 0 Å². The molecule has 0 amide bonds. The summed E-state index contributed by atoms with van der Waals surface area (Å²) in [5.74, 6) is 0.0828. The molecule has 0 radical (unpaired) electrons. The van der Waals surface area contributed by atoms with Crippen LogP contribution in [0.4, 0.5) is 5.69 Å². The van der Waals surface area contributed by atoms with Crippen LogP contribution in [0, 0.1) is 6.92 Å². The largest absolute Gasteiger partial charge is 0.399 e. The summed E-state index contributed by atoms with van der Waals surface area (Å²) in [4.78, 5) is 0.382. The fraction of sp³-hybridized carbons (Fsp3) is 0.625. The molecule has 1 aromatic rings. The maximum absolute atomic E-state index is 12.6. The zero-order valence-electron chi connectivity index (χ0n) is 12.5. The van der Waals surface area contributed by atoms with Gasteiger partial charge in [0.25, 0.3) is 0 Å². The van der Waals surface area contributed by atoms with Crippen LogP contribution in [-0.2, 0) is 14.6 Å². The van der Waals surface area contributed by atoms with Crippen LogP contribution in [0.5, 0.6) is 0 Å². The second-order valence-corrected chi connectivity index (χ2v) is 8.48. The number of nitrogen functional groups attached to an aromatic ring is 1. The number of nitrogens with two attached hydrogens (primary N) is 1. The first-order valence-corrected chi connectivity index (χ1v) is 9.32. The Morgan fingerprint density at radius 1 is 1.29 bits per heavy atom. The topological polar surface area (TPSA) is 69.4 Å². The van der Waals surface area contributed by atoms with Gasteiger partial charge in [-0.2, -0.15) is 0 Å². The summed E-state index contributed by atoms with van der Waals surface area (Å²) >= 11 is 0. The Labute approximate surface area is 126 Å². The smallest absolute Gasteiger partial charge is 0.181 e. The van der Waals surface area contributed by atoms with Crippen LogP contribution in [0.3, 0.4) is 0 Å². The van der Waals surface area contributed by atoms with Gasteiger partial charge in [0.1, 0.15) is 0 Å². The van der Waals surface area contributed by atoms with Crippen molar-refractivity contribution in [3.05, 3.63) is 23.8 Å². The summed E-state index contributed by atoms with van der Waals surface area (Å²) in [7, 11) is -3.32. The molecule has 1 aliphatic heterocycles. The number of aryl methyl sites for hydroxylation is 1. The van der Waals surface area contributed by atoms with E-state index in [1.165, 1.54) is 12.8 Å². The maximum atomic E-state index is 12.6. The quantitative estimate of drug-likeness (QED) is 0.872. The SMILES string of the molecule is Cc1cc(N)ccc1S(=O)(=O)CC1CCC2(CCCC2)O1. The Morgan fingerprint density at radius 2 is 2.00 bits per heavy atom. The van der Waals surface area contributed by atoms with E-state index < -0.39 is 9.84 Å². The van der Waals surface area contributed by atoms with Gasteiger partial charge in [-0.1, -0.05) is 12.8 Å². The molecular formula is C16H23NO3S. The van der Waals surface area contributed by atoms with E-state index in [0.29, 0.717) is 16.1 Å². The molecule has 0 aromatic heterocycles. The van der Waals surface area contributed by atoms with Crippen molar-refractivity contribution in [2.45, 2.75) is 62.0 Å². The summed E-state index contributed by atoms with van der Waals surface area (Å²) in [5, 5.41) is 0. The highest BCUT2D eigenvalue weighted by Gasteiger charge is 2.43. The highest BCUT2D eigenvalue weighted by atomic mass is 32.2. The third-order valence-corrected chi connectivity index (χ3v) is 6.73. The number of benzene rings is 1. The second kappa shape index (κ2) is 5.29. The molecule has 2 fully saturated rings. The van der Waals surface area contributed by atoms with E-state index in [9.17, 15) is 8.42 Å². The first-order chi connectivity index (χ1) is 9.90. The summed E-state index contributed by atoms with van der Waals surface area (Å²) in [6, 6.07) is 4.97. The average molecular weight is 309 g/mol. The molecule has 4 nitrogen and oxygen atoms in total. The Bertz CT molecular complexity index is 633. The van der Waals surface area contributed by atoms with E-state index in [1.807, 2.05) is 0 Å². The molecule has 1 saturated heterocycles. The van der Waals surface area contributed by atoms with Gasteiger partial charge in [0.2, 0.25) is 0 Å². The molecule has 1 aliphatic carbocycles. The molecule has 1 saturated carbocycles. The molecule has 21 heavy (non-hydrogen) atoms. The Hall–Kier alpha value is -1.07. The van der Waals surface area contributed by atoms with Crippen molar-refractivity contribution in [3.63, 3.8) is 0 Å². The minimum Gasteiger partial charge on any atom is -0.399 e. The molecular weight excluding hydrogens is 286 g/mol. The van der Waals surface area contributed by atoms with Crippen LogP contribution in [0.2, 0.25) is 0 Å². The summed E-state index contributed by atoms with van der Waals surface area (Å²) < 4.78 is 31.3. The lowest BCUT2D eigenvalue weighted by atomic mass is 9.98. The monoisotopic (exact) mass is 309 g/mol. The molecule has 116 valence electrons. The second-order valence-electron chi connectivity index (χ2n) is 6.48. The van der Waals surface area contributed by atoms with E-state index in [2.05, 4.69) is 0 Å². The van der Waals surface area contributed by atoms with Crippen molar-refractivity contribution in [2.75, 3.05) is 11.5 Å². The number of anilines is 1. The number of sulfone groups is 1. The molecule has 2 aliphatic rings. The van der Waals surface area contributed by atoms with Crippen molar-refractivity contribution in [1.29, 1.82) is 0 Å². The minimum absolute atomic E-state index is 0.0175. The van der Waals surface area contributed by atoms with Crippen molar-refractivity contribution >= 4 is 15.5 Å². The molecule has 1 spiro atoms. The van der Waals surface area contributed by atoms with Gasteiger partial charge in [0.15, 0.2) is 9.84 Å². The van der Waals surface area contributed by atoms with Crippen LogP contribution >= 0.6 is 0 Å². The van der Waals surface area contributed by atoms with Gasteiger partial charge in [-0.25, -0.2) is 8.42 Å². The number of hydrogen-bond donors (Lipinski definition) is 1. The molecule has 2 N–H and O–H groups in total. The lowest BCUT2D eigenvalue weighted by Gasteiger charge is -2.23. The van der Waals surface area contributed by atoms with Crippen molar-refractivity contribution < 1.29 is 13.2 Å². The van der Waals surface area contributed by atoms with E-state index in [-0.39, 0.29) is 17.5 Å². The maximum Gasteiger partial charge on any atom is 0.181 e. The summed E-state index contributed by atoms with van der Waals surface area (Å²) in [6.07, 6.45) is 6.29. The molecule has 0 bridgehead atoms. The normalized spacial score (nSPS) is 24.7. The van der Waals surface area contributed by atoms with Crippen LogP contribution in [-0.4, -0.2) is 25.9 Å². The van der Waals surface area contributed by atoms with E-state index in [0.717, 1.165) is 25.7 Å². The Morgan fingerprint density at radius 3 is 2.67 bits per heavy atom. The van der Waals surface area contributed by atoms with Gasteiger partial charge >= 0.3 is 0 Å². The molecule has 3 rings (SSSR count). The lowest BCUT2D eigenvalue weighted by Crippen LogP contribution is -2.28. The van der Waals surface area contributed by atoms with Gasteiger partial charge < -0.3 is 10.5 Å². The standard InChI is InChI=1S/C16H23NO3S/c1-12-10-13(17)4-5-15(12)21(18,19)11-14-6-9-16(20-14)7-2-3-8-16/h4-5,10,14H,2-3,6-9,11,17H2,1H3. The van der Waals surface area contributed by atoms with Crippen LogP contribution in [0.25, 0.3) is 0 Å². The zero-order chi connectivity index (χ0) is 15.1. The van der Waals surface area contributed by atoms with Gasteiger partial charge in [0.05, 0.1) is 22.4 Å². The Kier molecular flexibility index (Phi) is 3.74. The summed E-state index contributed by atoms with van der Waals surface area (Å²) in [6.45, 7) is 1.79. The van der Waals surface area contributed by atoms with Crippen LogP contribution < -0.4 is 5.73 Å². The molecule has 1 atom stereocenters. The van der Waals surface area contributed by atoms with Crippen molar-refractivity contribution in [3.8, 4) is 0 Å². The Balaban J connectivity index is 1.75. The highest BCUT2D eigenvalue weighted by Crippen LogP contribution is 2.43. The third kappa shape index (κ3) is 2.94. The highest BCUT2D eigenvalue weighted by molar-refractivity contribution is 7.91. The van der Waals surface area contributed by atoms with Crippen LogP contribution in [0.1, 0.15) is 44.1 Å². The molecule has 1 aromatic carbocycles. The van der Waals surface area contributed by atoms with Gasteiger partial charge in [-0.15, -0.1) is 0 Å². The number of ether oxygens (including phenoxy) is 1. The predicted molar refractivity (Wildman–Crippen MR) is 83.0 cm³/mol. The lowest BCUT2D eigenvalue weighted by molar-refractivity contribution is -0.0273. The number of hydrogen-bond acceptors (Lipinski definition) is 4. The first-order valence-electron chi connectivity index (χ1n) is 7.67. The molecule has 1 heterocycles. The van der Waals surface area contributed by atoms with E-state index >= 15 is 0 Å². The van der Waals surface area contributed by atoms with Gasteiger partial charge in [-0.3, -0.25) is 0 Å².